The Kier molecular flexibility index (Phi) is 4.15. The van der Waals surface area contributed by atoms with E-state index in [1.807, 2.05) is 6.92 Å². The molecule has 0 bridgehead atoms. The van der Waals surface area contributed by atoms with Crippen molar-refractivity contribution in [2.24, 2.45) is 11.7 Å². The van der Waals surface area contributed by atoms with E-state index in [4.69, 9.17) is 17.3 Å². The fourth-order valence-electron chi connectivity index (χ4n) is 2.37. The first-order chi connectivity index (χ1) is 8.82. The van der Waals surface area contributed by atoms with Crippen molar-refractivity contribution in [3.05, 3.63) is 29.0 Å². The SMILES string of the molecule is CC1CC(N)CN(S(=O)(=O)c2cccc(Cl)c2F)C1. The predicted octanol–water partition coefficient (Wildman–Crippen LogP) is 1.84. The van der Waals surface area contributed by atoms with Crippen LogP contribution in [-0.2, 0) is 10.0 Å². The van der Waals surface area contributed by atoms with E-state index in [-0.39, 0.29) is 28.4 Å². The van der Waals surface area contributed by atoms with Crippen LogP contribution >= 0.6 is 11.6 Å². The Balaban J connectivity index is 2.39. The number of hydrogen-bond donors (Lipinski definition) is 1. The highest BCUT2D eigenvalue weighted by atomic mass is 35.5. The van der Waals surface area contributed by atoms with Gasteiger partial charge in [0, 0.05) is 19.1 Å². The topological polar surface area (TPSA) is 63.4 Å². The molecular weight excluding hydrogens is 291 g/mol. The van der Waals surface area contributed by atoms with Crippen LogP contribution in [0.1, 0.15) is 13.3 Å². The van der Waals surface area contributed by atoms with Crippen LogP contribution in [0.4, 0.5) is 4.39 Å². The van der Waals surface area contributed by atoms with Gasteiger partial charge in [-0.3, -0.25) is 0 Å². The zero-order valence-electron chi connectivity index (χ0n) is 10.5. The van der Waals surface area contributed by atoms with Crippen molar-refractivity contribution in [1.29, 1.82) is 0 Å². The van der Waals surface area contributed by atoms with E-state index in [0.717, 1.165) is 6.42 Å². The molecule has 7 heteroatoms. The van der Waals surface area contributed by atoms with Gasteiger partial charge in [-0.05, 0) is 24.5 Å². The molecular formula is C12H16ClFN2O2S. The van der Waals surface area contributed by atoms with Crippen molar-refractivity contribution < 1.29 is 12.8 Å². The zero-order chi connectivity index (χ0) is 14.2. The highest BCUT2D eigenvalue weighted by molar-refractivity contribution is 7.89. The van der Waals surface area contributed by atoms with Gasteiger partial charge in [-0.2, -0.15) is 4.31 Å². The fourth-order valence-corrected chi connectivity index (χ4v) is 4.30. The zero-order valence-corrected chi connectivity index (χ0v) is 12.1. The number of hydrogen-bond acceptors (Lipinski definition) is 3. The molecule has 1 heterocycles. The third kappa shape index (κ3) is 2.91. The van der Waals surface area contributed by atoms with Gasteiger partial charge in [0.05, 0.1) is 5.02 Å². The van der Waals surface area contributed by atoms with Crippen molar-refractivity contribution >= 4 is 21.6 Å². The lowest BCUT2D eigenvalue weighted by Crippen LogP contribution is -2.48. The van der Waals surface area contributed by atoms with Gasteiger partial charge in [0.25, 0.3) is 0 Å². The van der Waals surface area contributed by atoms with Gasteiger partial charge in [-0.15, -0.1) is 0 Å². The maximum atomic E-state index is 13.9. The molecule has 2 rings (SSSR count). The molecule has 0 aromatic heterocycles. The van der Waals surface area contributed by atoms with Crippen LogP contribution < -0.4 is 5.73 Å². The van der Waals surface area contributed by atoms with E-state index < -0.39 is 15.8 Å². The highest BCUT2D eigenvalue weighted by Crippen LogP contribution is 2.27. The molecule has 106 valence electrons. The van der Waals surface area contributed by atoms with Crippen molar-refractivity contribution in [2.45, 2.75) is 24.3 Å². The molecule has 1 aromatic rings. The number of benzene rings is 1. The number of rotatable bonds is 2. The summed E-state index contributed by atoms with van der Waals surface area (Å²) in [6.07, 6.45) is 0.768. The predicted molar refractivity (Wildman–Crippen MR) is 71.9 cm³/mol. The van der Waals surface area contributed by atoms with Gasteiger partial charge >= 0.3 is 0 Å². The second kappa shape index (κ2) is 5.36. The van der Waals surface area contributed by atoms with Gasteiger partial charge in [-0.1, -0.05) is 24.6 Å². The second-order valence-corrected chi connectivity index (χ2v) is 7.29. The number of nitrogens with two attached hydrogens (primary N) is 1. The molecule has 1 saturated heterocycles. The third-order valence-corrected chi connectivity index (χ3v) is 5.33. The summed E-state index contributed by atoms with van der Waals surface area (Å²) in [6, 6.07) is 3.74. The molecule has 1 aromatic carbocycles. The van der Waals surface area contributed by atoms with Crippen LogP contribution in [0.3, 0.4) is 0 Å². The lowest BCUT2D eigenvalue weighted by Gasteiger charge is -2.33. The summed E-state index contributed by atoms with van der Waals surface area (Å²) in [5.74, 6) is -0.753. The summed E-state index contributed by atoms with van der Waals surface area (Å²) >= 11 is 5.63. The monoisotopic (exact) mass is 306 g/mol. The molecule has 1 fully saturated rings. The summed E-state index contributed by atoms with van der Waals surface area (Å²) in [5, 5.41) is -0.199. The van der Waals surface area contributed by atoms with Crippen LogP contribution in [0.2, 0.25) is 5.02 Å². The molecule has 0 amide bonds. The number of nitrogens with zero attached hydrogens (tertiary/aromatic N) is 1. The first-order valence-corrected chi connectivity index (χ1v) is 7.84. The smallest absolute Gasteiger partial charge is 0.246 e. The largest absolute Gasteiger partial charge is 0.326 e. The highest BCUT2D eigenvalue weighted by Gasteiger charge is 2.33. The molecule has 0 saturated carbocycles. The summed E-state index contributed by atoms with van der Waals surface area (Å²) in [6.45, 7) is 2.48. The van der Waals surface area contributed by atoms with Gasteiger partial charge in [-0.25, -0.2) is 12.8 Å². The van der Waals surface area contributed by atoms with Gasteiger partial charge < -0.3 is 5.73 Å². The Labute approximate surface area is 117 Å². The van der Waals surface area contributed by atoms with Crippen LogP contribution in [0, 0.1) is 11.7 Å². The van der Waals surface area contributed by atoms with Gasteiger partial charge in [0.15, 0.2) is 5.82 Å². The molecule has 0 aliphatic carbocycles. The average molecular weight is 307 g/mol. The molecule has 4 nitrogen and oxygen atoms in total. The lowest BCUT2D eigenvalue weighted by molar-refractivity contribution is 0.254. The molecule has 1 aliphatic heterocycles. The average Bonchev–Trinajstić information content (AvgIpc) is 2.31. The number of halogens is 2. The Morgan fingerprint density at radius 2 is 2.11 bits per heavy atom. The molecule has 2 atom stereocenters. The van der Waals surface area contributed by atoms with E-state index in [2.05, 4.69) is 0 Å². The Hall–Kier alpha value is -0.690. The van der Waals surface area contributed by atoms with E-state index in [9.17, 15) is 12.8 Å². The van der Waals surface area contributed by atoms with E-state index in [0.29, 0.717) is 6.54 Å². The molecule has 2 N–H and O–H groups in total. The van der Waals surface area contributed by atoms with Crippen molar-refractivity contribution in [2.75, 3.05) is 13.1 Å². The Morgan fingerprint density at radius 3 is 2.74 bits per heavy atom. The molecule has 1 aliphatic rings. The van der Waals surface area contributed by atoms with Crippen molar-refractivity contribution in [3.8, 4) is 0 Å². The summed E-state index contributed by atoms with van der Waals surface area (Å²) in [7, 11) is -3.89. The summed E-state index contributed by atoms with van der Waals surface area (Å²) < 4.78 is 40.0. The van der Waals surface area contributed by atoms with Crippen LogP contribution in [0.5, 0.6) is 0 Å². The summed E-state index contributed by atoms with van der Waals surface area (Å²) in [4.78, 5) is -0.388. The first-order valence-electron chi connectivity index (χ1n) is 6.02. The number of sulfonamides is 1. The van der Waals surface area contributed by atoms with Crippen molar-refractivity contribution in [3.63, 3.8) is 0 Å². The number of piperidine rings is 1. The molecule has 19 heavy (non-hydrogen) atoms. The normalized spacial score (nSPS) is 25.5. The van der Waals surface area contributed by atoms with Crippen molar-refractivity contribution in [1.82, 2.24) is 4.31 Å². The van der Waals surface area contributed by atoms with Gasteiger partial charge in [0.1, 0.15) is 4.90 Å². The molecule has 2 unspecified atom stereocenters. The maximum absolute atomic E-state index is 13.9. The molecule has 0 spiro atoms. The minimum Gasteiger partial charge on any atom is -0.326 e. The first kappa shape index (κ1) is 14.7. The van der Waals surface area contributed by atoms with Crippen LogP contribution in [0.15, 0.2) is 23.1 Å². The van der Waals surface area contributed by atoms with E-state index >= 15 is 0 Å². The van der Waals surface area contributed by atoms with Crippen LogP contribution in [0.25, 0.3) is 0 Å². The van der Waals surface area contributed by atoms with Crippen LogP contribution in [-0.4, -0.2) is 31.9 Å². The minimum atomic E-state index is -3.89. The Morgan fingerprint density at radius 1 is 1.42 bits per heavy atom. The quantitative estimate of drug-likeness (QED) is 0.907. The minimum absolute atomic E-state index is 0.153. The standard InChI is InChI=1S/C12H16ClFN2O2S/c1-8-5-9(15)7-16(6-8)19(17,18)11-4-2-3-10(13)12(11)14/h2-4,8-9H,5-7,15H2,1H3. The second-order valence-electron chi connectivity index (χ2n) is 4.97. The molecule has 0 radical (unpaired) electrons. The summed E-state index contributed by atoms with van der Waals surface area (Å²) in [5.41, 5.74) is 5.83. The third-order valence-electron chi connectivity index (χ3n) is 3.19. The fraction of sp³-hybridized carbons (Fsp3) is 0.500. The van der Waals surface area contributed by atoms with E-state index in [1.54, 1.807) is 0 Å². The maximum Gasteiger partial charge on any atom is 0.246 e. The van der Waals surface area contributed by atoms with E-state index in [1.165, 1.54) is 22.5 Å². The lowest BCUT2D eigenvalue weighted by atomic mass is 9.99. The Bertz CT molecular complexity index is 569. The van der Waals surface area contributed by atoms with Gasteiger partial charge in [0.2, 0.25) is 10.0 Å².